The molecule has 6 nitrogen and oxygen atoms in total. The van der Waals surface area contributed by atoms with Crippen LogP contribution < -0.4 is 10.9 Å². The lowest BCUT2D eigenvalue weighted by molar-refractivity contribution is -0.134. The van der Waals surface area contributed by atoms with Gasteiger partial charge in [0.1, 0.15) is 5.82 Å². The maximum Gasteiger partial charge on any atom is 0.258 e. The van der Waals surface area contributed by atoms with Crippen molar-refractivity contribution in [1.29, 1.82) is 0 Å². The molecule has 2 aromatic rings. The van der Waals surface area contributed by atoms with Crippen LogP contribution in [0.1, 0.15) is 38.9 Å². The van der Waals surface area contributed by atoms with E-state index in [9.17, 15) is 9.59 Å². The fourth-order valence-electron chi connectivity index (χ4n) is 3.36. The van der Waals surface area contributed by atoms with Crippen LogP contribution in [-0.2, 0) is 11.3 Å². The van der Waals surface area contributed by atoms with E-state index in [-0.39, 0.29) is 17.5 Å². The molecule has 1 aliphatic rings. The van der Waals surface area contributed by atoms with E-state index in [1.54, 1.807) is 11.0 Å². The average Bonchev–Trinajstić information content (AvgIpc) is 3.11. The number of nitrogens with zero attached hydrogens (tertiary/aromatic N) is 2. The second-order valence-electron chi connectivity index (χ2n) is 7.04. The van der Waals surface area contributed by atoms with Crippen molar-refractivity contribution in [3.8, 4) is 0 Å². The van der Waals surface area contributed by atoms with Crippen molar-refractivity contribution < 1.29 is 4.79 Å². The van der Waals surface area contributed by atoms with Crippen LogP contribution in [0.3, 0.4) is 0 Å². The standard InChI is InChI=1S/C19H26N4O2/c1-13(2)23(18(24)8-7-14-9-10-20-11-14)12-17-21-16-6-4-3-5-15(16)19(25)22-17/h3-6,13-14,20H,7-12H2,1-2H3,(H,21,22,25). The number of hydrogen-bond donors (Lipinski definition) is 2. The van der Waals surface area contributed by atoms with Crippen molar-refractivity contribution in [2.24, 2.45) is 5.92 Å². The summed E-state index contributed by atoms with van der Waals surface area (Å²) in [7, 11) is 0. The molecule has 6 heteroatoms. The molecule has 1 aromatic heterocycles. The van der Waals surface area contributed by atoms with Crippen molar-refractivity contribution >= 4 is 16.8 Å². The van der Waals surface area contributed by atoms with Gasteiger partial charge in [0.2, 0.25) is 5.91 Å². The third-order valence-electron chi connectivity index (χ3n) is 4.85. The zero-order valence-electron chi connectivity index (χ0n) is 14.9. The van der Waals surface area contributed by atoms with E-state index in [0.29, 0.717) is 35.6 Å². The quantitative estimate of drug-likeness (QED) is 0.842. The summed E-state index contributed by atoms with van der Waals surface area (Å²) in [6.45, 7) is 6.38. The molecule has 0 saturated carbocycles. The number of benzene rings is 1. The number of nitrogens with one attached hydrogen (secondary N) is 2. The second-order valence-corrected chi connectivity index (χ2v) is 7.04. The molecule has 2 heterocycles. The minimum Gasteiger partial charge on any atom is -0.333 e. The van der Waals surface area contributed by atoms with Gasteiger partial charge in [-0.25, -0.2) is 4.98 Å². The summed E-state index contributed by atoms with van der Waals surface area (Å²) in [6, 6.07) is 7.32. The van der Waals surface area contributed by atoms with E-state index < -0.39 is 0 Å². The van der Waals surface area contributed by atoms with Gasteiger partial charge in [-0.1, -0.05) is 12.1 Å². The lowest BCUT2D eigenvalue weighted by Crippen LogP contribution is -2.37. The fourth-order valence-corrected chi connectivity index (χ4v) is 3.36. The highest BCUT2D eigenvalue weighted by atomic mass is 16.2. The van der Waals surface area contributed by atoms with E-state index >= 15 is 0 Å². The van der Waals surface area contributed by atoms with Gasteiger partial charge < -0.3 is 15.2 Å². The van der Waals surface area contributed by atoms with Crippen LogP contribution in [0.15, 0.2) is 29.1 Å². The van der Waals surface area contributed by atoms with Crippen LogP contribution in [0.25, 0.3) is 10.9 Å². The third-order valence-corrected chi connectivity index (χ3v) is 4.85. The number of carbonyl (C=O) groups excluding carboxylic acids is 1. The van der Waals surface area contributed by atoms with Crippen molar-refractivity contribution in [3.63, 3.8) is 0 Å². The zero-order chi connectivity index (χ0) is 17.8. The van der Waals surface area contributed by atoms with Crippen molar-refractivity contribution in [2.45, 2.75) is 45.7 Å². The minimum absolute atomic E-state index is 0.0611. The Hall–Kier alpha value is -2.21. The Morgan fingerprint density at radius 2 is 2.16 bits per heavy atom. The molecule has 1 atom stereocenters. The highest BCUT2D eigenvalue weighted by molar-refractivity contribution is 5.78. The van der Waals surface area contributed by atoms with Crippen molar-refractivity contribution in [2.75, 3.05) is 13.1 Å². The van der Waals surface area contributed by atoms with Gasteiger partial charge in [-0.3, -0.25) is 9.59 Å². The molecule has 134 valence electrons. The molecule has 3 rings (SSSR count). The van der Waals surface area contributed by atoms with Gasteiger partial charge in [-0.05, 0) is 57.8 Å². The first-order chi connectivity index (χ1) is 12.0. The summed E-state index contributed by atoms with van der Waals surface area (Å²) in [5, 5.41) is 3.91. The summed E-state index contributed by atoms with van der Waals surface area (Å²) in [5.41, 5.74) is 0.503. The maximum atomic E-state index is 12.7. The largest absolute Gasteiger partial charge is 0.333 e. The molecular formula is C19H26N4O2. The normalized spacial score (nSPS) is 17.3. The van der Waals surface area contributed by atoms with Gasteiger partial charge >= 0.3 is 0 Å². The number of rotatable bonds is 6. The Kier molecular flexibility index (Phi) is 5.48. The molecule has 0 radical (unpaired) electrons. The number of carbonyl (C=O) groups is 1. The molecule has 0 bridgehead atoms. The summed E-state index contributed by atoms with van der Waals surface area (Å²) in [6.07, 6.45) is 2.60. The number of amides is 1. The summed E-state index contributed by atoms with van der Waals surface area (Å²) in [4.78, 5) is 34.0. The van der Waals surface area contributed by atoms with Gasteiger partial charge in [-0.15, -0.1) is 0 Å². The third kappa shape index (κ3) is 4.25. The van der Waals surface area contributed by atoms with Gasteiger partial charge in [0.05, 0.1) is 17.4 Å². The summed E-state index contributed by atoms with van der Waals surface area (Å²) < 4.78 is 0. The minimum atomic E-state index is -0.159. The molecular weight excluding hydrogens is 316 g/mol. The van der Waals surface area contributed by atoms with Gasteiger partial charge in [-0.2, -0.15) is 0 Å². The summed E-state index contributed by atoms with van der Waals surface area (Å²) >= 11 is 0. The smallest absolute Gasteiger partial charge is 0.258 e. The molecule has 0 aliphatic carbocycles. The molecule has 1 unspecified atom stereocenters. The highest BCUT2D eigenvalue weighted by Crippen LogP contribution is 2.17. The number of fused-ring (bicyclic) bond motifs is 1. The van der Waals surface area contributed by atoms with Crippen LogP contribution in [-0.4, -0.2) is 39.9 Å². The van der Waals surface area contributed by atoms with Crippen molar-refractivity contribution in [3.05, 3.63) is 40.4 Å². The number of H-pyrrole nitrogens is 1. The van der Waals surface area contributed by atoms with Gasteiger partial charge in [0.25, 0.3) is 5.56 Å². The Morgan fingerprint density at radius 1 is 1.36 bits per heavy atom. The average molecular weight is 342 g/mol. The Bertz CT molecular complexity index is 793. The van der Waals surface area contributed by atoms with Crippen LogP contribution in [0.5, 0.6) is 0 Å². The monoisotopic (exact) mass is 342 g/mol. The SMILES string of the molecule is CC(C)N(Cc1nc2ccccc2c(=O)[nH]1)C(=O)CCC1CCNC1. The number of para-hydroxylation sites is 1. The van der Waals surface area contributed by atoms with Gasteiger partial charge in [0, 0.05) is 12.5 Å². The predicted octanol–water partition coefficient (Wildman–Crippen LogP) is 2.05. The topological polar surface area (TPSA) is 78.1 Å². The summed E-state index contributed by atoms with van der Waals surface area (Å²) in [5.74, 6) is 1.25. The number of hydrogen-bond acceptors (Lipinski definition) is 4. The Morgan fingerprint density at radius 3 is 2.88 bits per heavy atom. The molecule has 1 aromatic carbocycles. The first kappa shape index (κ1) is 17.6. The molecule has 1 amide bonds. The highest BCUT2D eigenvalue weighted by Gasteiger charge is 2.21. The number of aromatic amines is 1. The molecule has 1 aliphatic heterocycles. The molecule has 25 heavy (non-hydrogen) atoms. The first-order valence-electron chi connectivity index (χ1n) is 9.02. The Labute approximate surface area is 147 Å². The van der Waals surface area contributed by atoms with Crippen molar-refractivity contribution in [1.82, 2.24) is 20.2 Å². The molecule has 1 saturated heterocycles. The molecule has 2 N–H and O–H groups in total. The van der Waals surface area contributed by atoms with E-state index in [1.165, 1.54) is 0 Å². The van der Waals surface area contributed by atoms with E-state index in [0.717, 1.165) is 25.9 Å². The fraction of sp³-hybridized carbons (Fsp3) is 0.526. The maximum absolute atomic E-state index is 12.7. The van der Waals surface area contributed by atoms with E-state index in [1.807, 2.05) is 32.0 Å². The van der Waals surface area contributed by atoms with E-state index in [4.69, 9.17) is 0 Å². The Balaban J connectivity index is 1.72. The first-order valence-corrected chi connectivity index (χ1v) is 9.02. The van der Waals surface area contributed by atoms with Gasteiger partial charge in [0.15, 0.2) is 0 Å². The molecule has 0 spiro atoms. The lowest BCUT2D eigenvalue weighted by atomic mass is 10.0. The van der Waals surface area contributed by atoms with Crippen LogP contribution in [0, 0.1) is 5.92 Å². The molecule has 1 fully saturated rings. The van der Waals surface area contributed by atoms with Crippen LogP contribution in [0.2, 0.25) is 0 Å². The lowest BCUT2D eigenvalue weighted by Gasteiger charge is -2.27. The number of aromatic nitrogens is 2. The van der Waals surface area contributed by atoms with E-state index in [2.05, 4.69) is 15.3 Å². The van der Waals surface area contributed by atoms with Crippen LogP contribution >= 0.6 is 0 Å². The second kappa shape index (κ2) is 7.78. The predicted molar refractivity (Wildman–Crippen MR) is 98.3 cm³/mol. The van der Waals surface area contributed by atoms with Crippen LogP contribution in [0.4, 0.5) is 0 Å². The zero-order valence-corrected chi connectivity index (χ0v) is 14.9.